The molecule has 0 radical (unpaired) electrons. The van der Waals surface area contributed by atoms with Crippen molar-refractivity contribution in [2.75, 3.05) is 49.2 Å². The van der Waals surface area contributed by atoms with Gasteiger partial charge in [0.25, 0.3) is 0 Å². The summed E-state index contributed by atoms with van der Waals surface area (Å²) in [6, 6.07) is 0. The van der Waals surface area contributed by atoms with E-state index >= 15 is 0 Å². The molecular formula is C16H20FN5OS. The summed E-state index contributed by atoms with van der Waals surface area (Å²) >= 11 is 1.66. The van der Waals surface area contributed by atoms with Crippen molar-refractivity contribution in [3.8, 4) is 0 Å². The van der Waals surface area contributed by atoms with Crippen LogP contribution in [0.2, 0.25) is 0 Å². The summed E-state index contributed by atoms with van der Waals surface area (Å²) in [5.74, 6) is 0.193. The fourth-order valence-corrected chi connectivity index (χ4v) is 4.29. The third-order valence-electron chi connectivity index (χ3n) is 4.68. The minimum absolute atomic E-state index is 0.0260. The number of rotatable bonds is 2. The third kappa shape index (κ3) is 3.21. The highest BCUT2D eigenvalue weighted by molar-refractivity contribution is 7.13. The molecule has 6 nitrogen and oxygen atoms in total. The number of piperidine rings is 1. The van der Waals surface area contributed by atoms with Gasteiger partial charge in [-0.3, -0.25) is 0 Å². The molecule has 1 spiro atoms. The van der Waals surface area contributed by atoms with E-state index in [4.69, 9.17) is 4.74 Å². The molecule has 0 aliphatic carbocycles. The minimum Gasteiger partial charge on any atom is -0.379 e. The minimum atomic E-state index is -0.404. The molecule has 2 aromatic rings. The molecule has 4 rings (SSSR count). The van der Waals surface area contributed by atoms with Crippen LogP contribution in [0.1, 0.15) is 12.8 Å². The van der Waals surface area contributed by atoms with E-state index in [-0.39, 0.29) is 5.41 Å². The van der Waals surface area contributed by atoms with Gasteiger partial charge in [0.1, 0.15) is 0 Å². The predicted octanol–water partition coefficient (Wildman–Crippen LogP) is 2.20. The zero-order valence-electron chi connectivity index (χ0n) is 13.4. The van der Waals surface area contributed by atoms with E-state index in [2.05, 4.69) is 24.8 Å². The van der Waals surface area contributed by atoms with Crippen LogP contribution in [0.15, 0.2) is 24.0 Å². The fraction of sp³-hybridized carbons (Fsp3) is 0.562. The maximum atomic E-state index is 13.1. The van der Waals surface area contributed by atoms with Crippen molar-refractivity contribution in [1.29, 1.82) is 0 Å². The highest BCUT2D eigenvalue weighted by Gasteiger charge is 2.40. The highest BCUT2D eigenvalue weighted by atomic mass is 32.1. The lowest BCUT2D eigenvalue weighted by Gasteiger charge is -2.43. The average Bonchev–Trinajstić information content (AvgIpc) is 3.06. The van der Waals surface area contributed by atoms with E-state index in [9.17, 15) is 4.39 Å². The van der Waals surface area contributed by atoms with Gasteiger partial charge in [-0.2, -0.15) is 0 Å². The molecule has 8 heteroatoms. The summed E-state index contributed by atoms with van der Waals surface area (Å²) in [5.41, 5.74) is 0.0260. The Morgan fingerprint density at radius 3 is 2.75 bits per heavy atom. The summed E-state index contributed by atoms with van der Waals surface area (Å²) < 4.78 is 19.0. The van der Waals surface area contributed by atoms with Crippen LogP contribution in [0, 0.1) is 11.2 Å². The van der Waals surface area contributed by atoms with Crippen LogP contribution < -0.4 is 9.80 Å². The van der Waals surface area contributed by atoms with Crippen LogP contribution in [-0.4, -0.2) is 54.3 Å². The normalized spacial score (nSPS) is 25.0. The molecule has 0 unspecified atom stereocenters. The van der Waals surface area contributed by atoms with Gasteiger partial charge in [-0.25, -0.2) is 19.3 Å². The monoisotopic (exact) mass is 349 g/mol. The second-order valence-electron chi connectivity index (χ2n) is 6.52. The lowest BCUT2D eigenvalue weighted by Crippen LogP contribution is -2.51. The lowest BCUT2D eigenvalue weighted by molar-refractivity contribution is 0.0596. The first kappa shape index (κ1) is 15.7. The van der Waals surface area contributed by atoms with Gasteiger partial charge in [0.05, 0.1) is 25.6 Å². The van der Waals surface area contributed by atoms with Gasteiger partial charge in [-0.1, -0.05) is 0 Å². The average molecular weight is 349 g/mol. The zero-order valence-corrected chi connectivity index (χ0v) is 14.2. The molecule has 2 aliphatic rings. The molecule has 128 valence electrons. The van der Waals surface area contributed by atoms with Crippen molar-refractivity contribution in [2.45, 2.75) is 12.8 Å². The Morgan fingerprint density at radius 1 is 1.12 bits per heavy atom. The van der Waals surface area contributed by atoms with Gasteiger partial charge in [0.15, 0.2) is 10.9 Å². The van der Waals surface area contributed by atoms with Crippen molar-refractivity contribution in [3.05, 3.63) is 29.8 Å². The van der Waals surface area contributed by atoms with E-state index < -0.39 is 5.82 Å². The first-order chi connectivity index (χ1) is 11.7. The summed E-state index contributed by atoms with van der Waals surface area (Å²) in [4.78, 5) is 17.2. The molecule has 24 heavy (non-hydrogen) atoms. The molecule has 2 fully saturated rings. The van der Waals surface area contributed by atoms with Crippen molar-refractivity contribution in [3.63, 3.8) is 0 Å². The van der Waals surface area contributed by atoms with Crippen molar-refractivity contribution in [1.82, 2.24) is 15.0 Å². The highest BCUT2D eigenvalue weighted by Crippen LogP contribution is 2.35. The number of ether oxygens (including phenoxy) is 1. The standard InChI is InChI=1S/C16H20FN5OS/c17-13-8-19-14(20-9-13)21-4-1-2-16(10-21)11-22(5-6-23-12-16)15-18-3-7-24-15/h3,7-9H,1-2,4-6,10-12H2/t16-/m1/s1. The van der Waals surface area contributed by atoms with Crippen LogP contribution in [0.5, 0.6) is 0 Å². The van der Waals surface area contributed by atoms with Crippen LogP contribution in [0.3, 0.4) is 0 Å². The number of hydrogen-bond donors (Lipinski definition) is 0. The maximum Gasteiger partial charge on any atom is 0.225 e. The van der Waals surface area contributed by atoms with E-state index in [1.807, 2.05) is 11.6 Å². The van der Waals surface area contributed by atoms with Crippen molar-refractivity contribution in [2.24, 2.45) is 5.41 Å². The second-order valence-corrected chi connectivity index (χ2v) is 7.39. The second kappa shape index (κ2) is 6.60. The van der Waals surface area contributed by atoms with Gasteiger partial charge in [-0.15, -0.1) is 11.3 Å². The molecular weight excluding hydrogens is 329 g/mol. The Balaban J connectivity index is 1.55. The van der Waals surface area contributed by atoms with E-state index in [0.29, 0.717) is 12.6 Å². The quantitative estimate of drug-likeness (QED) is 0.828. The Labute approximate surface area is 144 Å². The van der Waals surface area contributed by atoms with Crippen LogP contribution in [-0.2, 0) is 4.74 Å². The van der Waals surface area contributed by atoms with Crippen molar-refractivity contribution < 1.29 is 9.13 Å². The van der Waals surface area contributed by atoms with E-state index in [0.717, 1.165) is 50.8 Å². The molecule has 1 atom stereocenters. The van der Waals surface area contributed by atoms with E-state index in [1.165, 1.54) is 12.4 Å². The number of halogens is 1. The number of aromatic nitrogens is 3. The molecule has 0 amide bonds. The zero-order chi connectivity index (χ0) is 16.4. The predicted molar refractivity (Wildman–Crippen MR) is 91.0 cm³/mol. The first-order valence-electron chi connectivity index (χ1n) is 8.19. The summed E-state index contributed by atoms with van der Waals surface area (Å²) in [6.07, 6.45) is 6.46. The largest absolute Gasteiger partial charge is 0.379 e. The molecule has 2 saturated heterocycles. The topological polar surface area (TPSA) is 54.4 Å². The third-order valence-corrected chi connectivity index (χ3v) is 5.51. The Bertz CT molecular complexity index is 668. The van der Waals surface area contributed by atoms with E-state index in [1.54, 1.807) is 11.3 Å². The molecule has 0 saturated carbocycles. The first-order valence-corrected chi connectivity index (χ1v) is 9.07. The lowest BCUT2D eigenvalue weighted by atomic mass is 9.80. The van der Waals surface area contributed by atoms with Crippen molar-refractivity contribution >= 4 is 22.4 Å². The maximum absolute atomic E-state index is 13.1. The SMILES string of the molecule is Fc1cnc(N2CCC[C@@]3(COCCN(c4nccs4)C3)C2)nc1. The van der Waals surface area contributed by atoms with Gasteiger partial charge >= 0.3 is 0 Å². The smallest absolute Gasteiger partial charge is 0.225 e. The Morgan fingerprint density at radius 2 is 1.96 bits per heavy atom. The summed E-state index contributed by atoms with van der Waals surface area (Å²) in [7, 11) is 0. The Hall–Kier alpha value is -1.80. The van der Waals surface area contributed by atoms with Crippen LogP contribution >= 0.6 is 11.3 Å². The van der Waals surface area contributed by atoms with Gasteiger partial charge in [0.2, 0.25) is 5.95 Å². The number of thiazole rings is 1. The van der Waals surface area contributed by atoms with Gasteiger partial charge in [0, 0.05) is 43.2 Å². The van der Waals surface area contributed by atoms with Gasteiger partial charge < -0.3 is 14.5 Å². The van der Waals surface area contributed by atoms with Gasteiger partial charge in [-0.05, 0) is 12.8 Å². The molecule has 0 bridgehead atoms. The summed E-state index contributed by atoms with van der Waals surface area (Å²) in [5, 5.41) is 3.06. The number of hydrogen-bond acceptors (Lipinski definition) is 7. The molecule has 0 aromatic carbocycles. The molecule has 2 aromatic heterocycles. The molecule has 2 aliphatic heterocycles. The van der Waals surface area contributed by atoms with Crippen LogP contribution in [0.4, 0.5) is 15.5 Å². The number of anilines is 2. The Kier molecular flexibility index (Phi) is 4.32. The molecule has 4 heterocycles. The van der Waals surface area contributed by atoms with Crippen LogP contribution in [0.25, 0.3) is 0 Å². The number of nitrogens with zero attached hydrogens (tertiary/aromatic N) is 5. The summed E-state index contributed by atoms with van der Waals surface area (Å²) in [6.45, 7) is 4.94. The molecule has 0 N–H and O–H groups in total. The fourth-order valence-electron chi connectivity index (χ4n) is 3.62.